The van der Waals surface area contributed by atoms with Gasteiger partial charge in [-0.3, -0.25) is 4.90 Å². The molecule has 2 unspecified atom stereocenters. The number of likely N-dealkylation sites (tertiary alicyclic amines) is 1. The van der Waals surface area contributed by atoms with Crippen LogP contribution in [0.4, 0.5) is 0 Å². The molecule has 0 bridgehead atoms. The van der Waals surface area contributed by atoms with Crippen molar-refractivity contribution >= 4 is 0 Å². The van der Waals surface area contributed by atoms with E-state index >= 15 is 0 Å². The minimum atomic E-state index is 0.156. The first kappa shape index (κ1) is 10.9. The zero-order valence-electron chi connectivity index (χ0n) is 10.3. The van der Waals surface area contributed by atoms with Gasteiger partial charge in [0.15, 0.2) is 11.5 Å². The maximum atomic E-state index is 6.04. The maximum absolute atomic E-state index is 6.04. The number of nitrogens with zero attached hydrogens (tertiary/aromatic N) is 1. The summed E-state index contributed by atoms with van der Waals surface area (Å²) in [5, 5.41) is 0. The van der Waals surface area contributed by atoms with E-state index in [4.69, 9.17) is 9.47 Å². The Bertz CT molecular complexity index is 388. The SMILES string of the molecule is CC(C1COc2ccccc2O1)N1CCCC1. The number of benzene rings is 1. The topological polar surface area (TPSA) is 21.7 Å². The van der Waals surface area contributed by atoms with Gasteiger partial charge in [-0.2, -0.15) is 0 Å². The first-order valence-electron chi connectivity index (χ1n) is 6.47. The highest BCUT2D eigenvalue weighted by molar-refractivity contribution is 5.40. The van der Waals surface area contributed by atoms with Crippen LogP contribution in [0.3, 0.4) is 0 Å². The molecule has 2 aliphatic rings. The van der Waals surface area contributed by atoms with Crippen molar-refractivity contribution in [2.45, 2.75) is 31.9 Å². The number of ether oxygens (including phenoxy) is 2. The van der Waals surface area contributed by atoms with Gasteiger partial charge < -0.3 is 9.47 Å². The maximum Gasteiger partial charge on any atom is 0.161 e. The molecule has 2 heterocycles. The van der Waals surface area contributed by atoms with E-state index in [1.807, 2.05) is 24.3 Å². The highest BCUT2D eigenvalue weighted by atomic mass is 16.6. The van der Waals surface area contributed by atoms with E-state index in [1.54, 1.807) is 0 Å². The highest BCUT2D eigenvalue weighted by Crippen LogP contribution is 2.32. The van der Waals surface area contributed by atoms with Crippen molar-refractivity contribution in [2.75, 3.05) is 19.7 Å². The van der Waals surface area contributed by atoms with E-state index in [-0.39, 0.29) is 6.10 Å². The van der Waals surface area contributed by atoms with Crippen molar-refractivity contribution in [3.05, 3.63) is 24.3 Å². The molecule has 0 radical (unpaired) electrons. The summed E-state index contributed by atoms with van der Waals surface area (Å²) in [7, 11) is 0. The molecule has 1 saturated heterocycles. The molecular formula is C14H19NO2. The quantitative estimate of drug-likeness (QED) is 0.782. The van der Waals surface area contributed by atoms with Crippen LogP contribution in [0, 0.1) is 0 Å². The van der Waals surface area contributed by atoms with Gasteiger partial charge in [-0.25, -0.2) is 0 Å². The van der Waals surface area contributed by atoms with Crippen LogP contribution in [0.15, 0.2) is 24.3 Å². The highest BCUT2D eigenvalue weighted by Gasteiger charge is 2.30. The number of fused-ring (bicyclic) bond motifs is 1. The van der Waals surface area contributed by atoms with Crippen LogP contribution in [0.2, 0.25) is 0 Å². The van der Waals surface area contributed by atoms with Gasteiger partial charge in [0.25, 0.3) is 0 Å². The first-order valence-corrected chi connectivity index (χ1v) is 6.47. The zero-order chi connectivity index (χ0) is 11.7. The number of rotatable bonds is 2. The average molecular weight is 233 g/mol. The van der Waals surface area contributed by atoms with Crippen molar-refractivity contribution in [3.8, 4) is 11.5 Å². The Hall–Kier alpha value is -1.22. The van der Waals surface area contributed by atoms with Gasteiger partial charge in [0.2, 0.25) is 0 Å². The molecule has 3 nitrogen and oxygen atoms in total. The van der Waals surface area contributed by atoms with Gasteiger partial charge in [-0.05, 0) is 45.0 Å². The number of hydrogen-bond donors (Lipinski definition) is 0. The van der Waals surface area contributed by atoms with E-state index in [0.29, 0.717) is 12.6 Å². The summed E-state index contributed by atoms with van der Waals surface area (Å²) in [5.41, 5.74) is 0. The fourth-order valence-corrected chi connectivity index (χ4v) is 2.66. The van der Waals surface area contributed by atoms with Crippen molar-refractivity contribution < 1.29 is 9.47 Å². The second-order valence-corrected chi connectivity index (χ2v) is 4.90. The van der Waals surface area contributed by atoms with Gasteiger partial charge >= 0.3 is 0 Å². The Labute approximate surface area is 102 Å². The molecule has 1 aromatic carbocycles. The van der Waals surface area contributed by atoms with Gasteiger partial charge in [0.1, 0.15) is 12.7 Å². The molecule has 0 saturated carbocycles. The van der Waals surface area contributed by atoms with E-state index < -0.39 is 0 Å². The molecule has 17 heavy (non-hydrogen) atoms. The second kappa shape index (κ2) is 4.57. The van der Waals surface area contributed by atoms with Crippen LogP contribution in [0.5, 0.6) is 11.5 Å². The van der Waals surface area contributed by atoms with Crippen LogP contribution in [-0.2, 0) is 0 Å². The Morgan fingerprint density at radius 1 is 1.18 bits per heavy atom. The third-order valence-electron chi connectivity index (χ3n) is 3.79. The lowest BCUT2D eigenvalue weighted by Gasteiger charge is -2.34. The van der Waals surface area contributed by atoms with Gasteiger partial charge in [0.05, 0.1) is 0 Å². The Balaban J connectivity index is 1.70. The minimum Gasteiger partial charge on any atom is -0.486 e. The van der Waals surface area contributed by atoms with Crippen LogP contribution >= 0.6 is 0 Å². The van der Waals surface area contributed by atoms with Crippen molar-refractivity contribution in [1.29, 1.82) is 0 Å². The molecule has 0 amide bonds. The summed E-state index contributed by atoms with van der Waals surface area (Å²) in [4.78, 5) is 2.50. The molecular weight excluding hydrogens is 214 g/mol. The zero-order valence-corrected chi connectivity index (χ0v) is 10.3. The molecule has 0 aromatic heterocycles. The van der Waals surface area contributed by atoms with Crippen molar-refractivity contribution in [3.63, 3.8) is 0 Å². The monoisotopic (exact) mass is 233 g/mol. The van der Waals surface area contributed by atoms with E-state index in [9.17, 15) is 0 Å². The van der Waals surface area contributed by atoms with Crippen LogP contribution in [0.1, 0.15) is 19.8 Å². The lowest BCUT2D eigenvalue weighted by atomic mass is 10.1. The Morgan fingerprint density at radius 2 is 1.88 bits per heavy atom. The molecule has 0 N–H and O–H groups in total. The molecule has 1 aromatic rings. The van der Waals surface area contributed by atoms with Crippen molar-refractivity contribution in [2.24, 2.45) is 0 Å². The van der Waals surface area contributed by atoms with Crippen LogP contribution < -0.4 is 9.47 Å². The standard InChI is InChI=1S/C14H19NO2/c1-11(15-8-4-5-9-15)14-10-16-12-6-2-3-7-13(12)17-14/h2-3,6-7,11,14H,4-5,8-10H2,1H3. The molecule has 3 heteroatoms. The molecule has 3 rings (SSSR count). The summed E-state index contributed by atoms with van der Waals surface area (Å²) in [6.07, 6.45) is 2.78. The van der Waals surface area contributed by atoms with E-state index in [2.05, 4.69) is 11.8 Å². The van der Waals surface area contributed by atoms with E-state index in [0.717, 1.165) is 11.5 Å². The molecule has 2 aliphatic heterocycles. The smallest absolute Gasteiger partial charge is 0.161 e. The predicted molar refractivity (Wildman–Crippen MR) is 66.6 cm³/mol. The predicted octanol–water partition coefficient (Wildman–Crippen LogP) is 2.31. The summed E-state index contributed by atoms with van der Waals surface area (Å²) >= 11 is 0. The fourth-order valence-electron chi connectivity index (χ4n) is 2.66. The van der Waals surface area contributed by atoms with Gasteiger partial charge in [0, 0.05) is 6.04 Å². The summed E-state index contributed by atoms with van der Waals surface area (Å²) in [5.74, 6) is 1.76. The summed E-state index contributed by atoms with van der Waals surface area (Å²) < 4.78 is 11.8. The first-order chi connectivity index (χ1) is 8.34. The van der Waals surface area contributed by atoms with Crippen LogP contribution in [0.25, 0.3) is 0 Å². The minimum absolute atomic E-state index is 0.156. The second-order valence-electron chi connectivity index (χ2n) is 4.90. The summed E-state index contributed by atoms with van der Waals surface area (Å²) in [6.45, 7) is 5.30. The molecule has 0 spiro atoms. The fraction of sp³-hybridized carbons (Fsp3) is 0.571. The van der Waals surface area contributed by atoms with E-state index in [1.165, 1.54) is 25.9 Å². The molecule has 92 valence electrons. The number of hydrogen-bond acceptors (Lipinski definition) is 3. The largest absolute Gasteiger partial charge is 0.486 e. The molecule has 1 fully saturated rings. The molecule has 2 atom stereocenters. The van der Waals surface area contributed by atoms with Crippen LogP contribution in [-0.4, -0.2) is 36.7 Å². The Morgan fingerprint density at radius 3 is 2.65 bits per heavy atom. The van der Waals surface area contributed by atoms with Gasteiger partial charge in [-0.15, -0.1) is 0 Å². The lowest BCUT2D eigenvalue weighted by Crippen LogP contribution is -2.47. The third kappa shape index (κ3) is 2.12. The lowest BCUT2D eigenvalue weighted by molar-refractivity contribution is 0.0287. The Kier molecular flexibility index (Phi) is 2.93. The number of para-hydroxylation sites is 2. The normalized spacial score (nSPS) is 25.8. The third-order valence-corrected chi connectivity index (χ3v) is 3.79. The average Bonchev–Trinajstić information content (AvgIpc) is 2.91. The summed E-state index contributed by atoms with van der Waals surface area (Å²) in [6, 6.07) is 8.35. The molecule has 0 aliphatic carbocycles. The van der Waals surface area contributed by atoms with Crippen molar-refractivity contribution in [1.82, 2.24) is 4.90 Å². The van der Waals surface area contributed by atoms with Gasteiger partial charge in [-0.1, -0.05) is 12.1 Å².